The minimum Gasteiger partial charge on any atom is -0.493 e. The van der Waals surface area contributed by atoms with E-state index in [0.717, 1.165) is 39.5 Å². The maximum atomic E-state index is 13.4. The zero-order valence-corrected chi connectivity index (χ0v) is 24.9. The van der Waals surface area contributed by atoms with E-state index in [1.807, 2.05) is 35.9 Å². The number of hydrogen-bond donors (Lipinski definition) is 0. The van der Waals surface area contributed by atoms with Crippen molar-refractivity contribution in [1.82, 2.24) is 14.5 Å². The molecular weight excluding hydrogens is 533 g/mol. The van der Waals surface area contributed by atoms with Gasteiger partial charge in [0.15, 0.2) is 11.5 Å². The molecule has 3 aromatic carbocycles. The molecule has 0 bridgehead atoms. The monoisotopic (exact) mass is 569 g/mol. The first kappa shape index (κ1) is 28.9. The summed E-state index contributed by atoms with van der Waals surface area (Å²) < 4.78 is 26.4. The number of amides is 1. The number of anilines is 1. The van der Waals surface area contributed by atoms with Gasteiger partial charge in [0, 0.05) is 50.4 Å². The summed E-state index contributed by atoms with van der Waals surface area (Å²) in [5.74, 6) is 1.54. The van der Waals surface area contributed by atoms with Gasteiger partial charge in [0.1, 0.15) is 11.3 Å². The molecule has 1 aliphatic rings. The van der Waals surface area contributed by atoms with Crippen LogP contribution >= 0.6 is 0 Å². The Bertz CT molecular complexity index is 1670. The van der Waals surface area contributed by atoms with Crippen LogP contribution in [0.4, 0.5) is 16.0 Å². The standard InChI is InChI=1S/C33H36FN5O3/c1-21-17-22(2)31(23(3)18-21)36-30-20-27(25-9-12-28(41-5)29(19-25)42-6)35-33(37(30)4)39-15-13-38(14-16-39)32(40)24-7-10-26(34)11-8-24/h7-12,17-20H,13-16H2,1-6H3. The number of rotatable bonds is 6. The first-order valence-electron chi connectivity index (χ1n) is 13.9. The lowest BCUT2D eigenvalue weighted by molar-refractivity contribution is 0.0746. The Morgan fingerprint density at radius 3 is 2.12 bits per heavy atom. The molecule has 1 aromatic heterocycles. The van der Waals surface area contributed by atoms with Crippen molar-refractivity contribution < 1.29 is 18.7 Å². The lowest BCUT2D eigenvalue weighted by Gasteiger charge is -2.36. The summed E-state index contributed by atoms with van der Waals surface area (Å²) in [7, 11) is 5.19. The van der Waals surface area contributed by atoms with Gasteiger partial charge in [0.05, 0.1) is 25.6 Å². The normalized spacial score (nSPS) is 13.8. The van der Waals surface area contributed by atoms with Crippen molar-refractivity contribution in [2.75, 3.05) is 45.3 Å². The van der Waals surface area contributed by atoms with E-state index in [0.29, 0.717) is 43.2 Å². The van der Waals surface area contributed by atoms with E-state index < -0.39 is 0 Å². The number of carbonyl (C=O) groups is 1. The Morgan fingerprint density at radius 1 is 0.857 bits per heavy atom. The smallest absolute Gasteiger partial charge is 0.253 e. The van der Waals surface area contributed by atoms with Gasteiger partial charge in [-0.15, -0.1) is 0 Å². The highest BCUT2D eigenvalue weighted by Crippen LogP contribution is 2.32. The minimum absolute atomic E-state index is 0.105. The number of carbonyl (C=O) groups excluding carboxylic acids is 1. The molecule has 0 aliphatic carbocycles. The predicted octanol–water partition coefficient (Wildman–Crippen LogP) is 5.36. The van der Waals surface area contributed by atoms with Gasteiger partial charge in [-0.2, -0.15) is 0 Å². The van der Waals surface area contributed by atoms with Crippen LogP contribution in [0.2, 0.25) is 0 Å². The van der Waals surface area contributed by atoms with Gasteiger partial charge in [-0.3, -0.25) is 9.36 Å². The lowest BCUT2D eigenvalue weighted by Crippen LogP contribution is -2.50. The number of benzene rings is 3. The van der Waals surface area contributed by atoms with Crippen molar-refractivity contribution >= 4 is 17.5 Å². The summed E-state index contributed by atoms with van der Waals surface area (Å²) in [4.78, 5) is 27.2. The maximum absolute atomic E-state index is 13.4. The molecule has 42 heavy (non-hydrogen) atoms. The highest BCUT2D eigenvalue weighted by Gasteiger charge is 2.25. The summed E-state index contributed by atoms with van der Waals surface area (Å²) in [5.41, 5.74) is 7.18. The zero-order chi connectivity index (χ0) is 30.0. The van der Waals surface area contributed by atoms with E-state index >= 15 is 0 Å². The van der Waals surface area contributed by atoms with Crippen molar-refractivity contribution in [3.8, 4) is 22.8 Å². The third-order valence-electron chi connectivity index (χ3n) is 7.61. The van der Waals surface area contributed by atoms with Crippen LogP contribution < -0.4 is 19.9 Å². The van der Waals surface area contributed by atoms with Gasteiger partial charge in [-0.25, -0.2) is 14.4 Å². The molecule has 0 saturated carbocycles. The van der Waals surface area contributed by atoms with Crippen LogP contribution in [-0.2, 0) is 7.05 Å². The van der Waals surface area contributed by atoms with Crippen LogP contribution in [0, 0.1) is 26.6 Å². The largest absolute Gasteiger partial charge is 0.493 e. The van der Waals surface area contributed by atoms with E-state index in [-0.39, 0.29) is 11.7 Å². The maximum Gasteiger partial charge on any atom is 0.253 e. The number of hydrogen-bond acceptors (Lipinski definition) is 6. The molecule has 0 spiro atoms. The molecule has 4 aromatic rings. The van der Waals surface area contributed by atoms with E-state index in [1.165, 1.54) is 29.8 Å². The average molecular weight is 570 g/mol. The van der Waals surface area contributed by atoms with Gasteiger partial charge in [-0.05, 0) is 74.4 Å². The second kappa shape index (κ2) is 12.1. The lowest BCUT2D eigenvalue weighted by atomic mass is 10.1. The van der Waals surface area contributed by atoms with Crippen molar-refractivity contribution in [3.05, 3.63) is 94.2 Å². The van der Waals surface area contributed by atoms with Gasteiger partial charge < -0.3 is 19.3 Å². The van der Waals surface area contributed by atoms with Gasteiger partial charge in [0.2, 0.25) is 5.95 Å². The number of aryl methyl sites for hydroxylation is 3. The second-order valence-electron chi connectivity index (χ2n) is 10.6. The molecule has 0 atom stereocenters. The summed E-state index contributed by atoms with van der Waals surface area (Å²) in [6.07, 6.45) is 0. The van der Waals surface area contributed by atoms with Crippen LogP contribution in [0.15, 0.2) is 65.7 Å². The topological polar surface area (TPSA) is 72.2 Å². The van der Waals surface area contributed by atoms with E-state index in [2.05, 4.69) is 37.8 Å². The predicted molar refractivity (Wildman–Crippen MR) is 162 cm³/mol. The summed E-state index contributed by atoms with van der Waals surface area (Å²) >= 11 is 0. The molecule has 1 fully saturated rings. The molecular formula is C33H36FN5O3. The fourth-order valence-corrected chi connectivity index (χ4v) is 5.42. The fraction of sp³-hybridized carbons (Fsp3) is 0.303. The third kappa shape index (κ3) is 5.86. The van der Waals surface area contributed by atoms with Crippen LogP contribution in [0.3, 0.4) is 0 Å². The Balaban J connectivity index is 1.55. The number of halogens is 1. The molecule has 1 amide bonds. The van der Waals surface area contributed by atoms with E-state index in [4.69, 9.17) is 19.5 Å². The molecule has 1 saturated heterocycles. The number of nitrogens with zero attached hydrogens (tertiary/aromatic N) is 5. The highest BCUT2D eigenvalue weighted by atomic mass is 19.1. The van der Waals surface area contributed by atoms with Crippen molar-refractivity contribution in [3.63, 3.8) is 0 Å². The molecule has 0 radical (unpaired) electrons. The molecule has 0 unspecified atom stereocenters. The average Bonchev–Trinajstić information content (AvgIpc) is 2.99. The number of ether oxygens (including phenoxy) is 2. The van der Waals surface area contributed by atoms with Crippen molar-refractivity contribution in [1.29, 1.82) is 0 Å². The Labute approximate surface area is 245 Å². The molecule has 9 heteroatoms. The summed E-state index contributed by atoms with van der Waals surface area (Å²) in [6, 6.07) is 17.7. The first-order chi connectivity index (χ1) is 20.2. The van der Waals surface area contributed by atoms with Gasteiger partial charge >= 0.3 is 0 Å². The first-order valence-corrected chi connectivity index (χ1v) is 13.9. The van der Waals surface area contributed by atoms with E-state index in [9.17, 15) is 9.18 Å². The van der Waals surface area contributed by atoms with Crippen molar-refractivity contribution in [2.45, 2.75) is 20.8 Å². The Morgan fingerprint density at radius 2 is 1.50 bits per heavy atom. The number of methoxy groups -OCH3 is 2. The molecule has 2 heterocycles. The highest BCUT2D eigenvalue weighted by molar-refractivity contribution is 5.94. The fourth-order valence-electron chi connectivity index (χ4n) is 5.42. The second-order valence-corrected chi connectivity index (χ2v) is 10.6. The summed E-state index contributed by atoms with van der Waals surface area (Å²) in [6.45, 7) is 8.45. The molecule has 218 valence electrons. The van der Waals surface area contributed by atoms with Gasteiger partial charge in [0.25, 0.3) is 5.91 Å². The van der Waals surface area contributed by atoms with Crippen LogP contribution in [0.25, 0.3) is 11.3 Å². The van der Waals surface area contributed by atoms with E-state index in [1.54, 1.807) is 19.1 Å². The van der Waals surface area contributed by atoms with Gasteiger partial charge in [-0.1, -0.05) is 17.7 Å². The third-order valence-corrected chi connectivity index (χ3v) is 7.61. The van der Waals surface area contributed by atoms with Crippen LogP contribution in [0.5, 0.6) is 11.5 Å². The minimum atomic E-state index is -0.360. The molecule has 1 aliphatic heterocycles. The molecule has 8 nitrogen and oxygen atoms in total. The zero-order valence-electron chi connectivity index (χ0n) is 24.9. The van der Waals surface area contributed by atoms with Crippen LogP contribution in [-0.4, -0.2) is 60.8 Å². The Kier molecular flexibility index (Phi) is 8.29. The number of piperazine rings is 1. The molecule has 0 N–H and O–H groups in total. The van der Waals surface area contributed by atoms with Crippen molar-refractivity contribution in [2.24, 2.45) is 12.0 Å². The number of aromatic nitrogens is 2. The van der Waals surface area contributed by atoms with Crippen LogP contribution in [0.1, 0.15) is 27.0 Å². The molecule has 5 rings (SSSR count). The Hall–Kier alpha value is -4.66. The SMILES string of the molecule is COc1ccc(-c2cc(=Nc3c(C)cc(C)cc3C)n(C)c(N3CCN(C(=O)c4ccc(F)cc4)CC3)n2)cc1OC. The quantitative estimate of drug-likeness (QED) is 0.313. The summed E-state index contributed by atoms with van der Waals surface area (Å²) in [5, 5.41) is 0.